The van der Waals surface area contributed by atoms with Crippen molar-refractivity contribution >= 4 is 50.3 Å². The van der Waals surface area contributed by atoms with Crippen LogP contribution in [0.2, 0.25) is 0 Å². The Bertz CT molecular complexity index is 597. The third-order valence-electron chi connectivity index (χ3n) is 2.99. The summed E-state index contributed by atoms with van der Waals surface area (Å²) in [5.74, 6) is 0. The number of rotatable bonds is 2. The van der Waals surface area contributed by atoms with Crippen molar-refractivity contribution < 1.29 is 0 Å². The minimum atomic E-state index is -0.349. The number of hydrazine groups is 1. The van der Waals surface area contributed by atoms with E-state index in [0.29, 0.717) is 5.11 Å². The monoisotopic (exact) mass is 353 g/mol. The number of thiocarbonyl (C=S) groups is 1. The van der Waals surface area contributed by atoms with Gasteiger partial charge in [-0.1, -0.05) is 22.0 Å². The van der Waals surface area contributed by atoms with Gasteiger partial charge in [0.1, 0.15) is 5.66 Å². The number of hydrogen-bond donors (Lipinski definition) is 2. The highest BCUT2D eigenvalue weighted by atomic mass is 79.9. The number of hydrogen-bond acceptors (Lipinski definition) is 3. The molecule has 0 amide bonds. The number of thiophene rings is 1. The van der Waals surface area contributed by atoms with E-state index in [-0.39, 0.29) is 5.66 Å². The first-order chi connectivity index (χ1) is 9.08. The lowest BCUT2D eigenvalue weighted by atomic mass is 10.2. The molecule has 3 nitrogen and oxygen atoms in total. The summed E-state index contributed by atoms with van der Waals surface area (Å²) >= 11 is 10.6. The lowest BCUT2D eigenvalue weighted by Gasteiger charge is -2.24. The Morgan fingerprint density at radius 1 is 1.26 bits per heavy atom. The molecule has 98 valence electrons. The minimum Gasteiger partial charge on any atom is -0.337 e. The number of benzene rings is 1. The van der Waals surface area contributed by atoms with Crippen molar-refractivity contribution in [3.63, 3.8) is 0 Å². The van der Waals surface area contributed by atoms with Crippen LogP contribution in [0.25, 0.3) is 0 Å². The van der Waals surface area contributed by atoms with Crippen LogP contribution < -0.4 is 15.8 Å². The third-order valence-corrected chi connectivity index (χ3v) is 4.90. The maximum absolute atomic E-state index is 5.42. The zero-order valence-electron chi connectivity index (χ0n) is 10.2. The van der Waals surface area contributed by atoms with Crippen LogP contribution in [-0.4, -0.2) is 5.11 Å². The summed E-state index contributed by atoms with van der Waals surface area (Å²) in [6.45, 7) is 2.09. The average molecular weight is 354 g/mol. The molecule has 0 bridgehead atoms. The largest absolute Gasteiger partial charge is 0.337 e. The smallest absolute Gasteiger partial charge is 0.190 e. The zero-order valence-corrected chi connectivity index (χ0v) is 13.4. The van der Waals surface area contributed by atoms with Crippen LogP contribution in [-0.2, 0) is 5.66 Å². The van der Waals surface area contributed by atoms with Crippen molar-refractivity contribution in [2.45, 2.75) is 12.6 Å². The van der Waals surface area contributed by atoms with Gasteiger partial charge in [-0.25, -0.2) is 5.01 Å². The molecule has 1 aliphatic heterocycles. The summed E-state index contributed by atoms with van der Waals surface area (Å²) < 4.78 is 1.05. The van der Waals surface area contributed by atoms with Gasteiger partial charge in [-0.2, -0.15) is 5.43 Å². The Kier molecular flexibility index (Phi) is 3.34. The molecule has 2 N–H and O–H groups in total. The molecule has 1 aromatic carbocycles. The fourth-order valence-electron chi connectivity index (χ4n) is 2.02. The first-order valence-electron chi connectivity index (χ1n) is 5.78. The molecule has 0 radical (unpaired) electrons. The van der Waals surface area contributed by atoms with Gasteiger partial charge in [0.25, 0.3) is 0 Å². The van der Waals surface area contributed by atoms with E-state index in [1.165, 1.54) is 4.88 Å². The molecule has 2 heterocycles. The number of nitrogens with one attached hydrogen (secondary N) is 2. The second kappa shape index (κ2) is 4.86. The lowest BCUT2D eigenvalue weighted by Crippen LogP contribution is -2.45. The van der Waals surface area contributed by atoms with Crippen molar-refractivity contribution in [1.82, 2.24) is 10.7 Å². The molecule has 2 aromatic rings. The molecular formula is C13H12BrN3S2. The Hall–Kier alpha value is -0.950. The molecule has 1 aliphatic rings. The van der Waals surface area contributed by atoms with Gasteiger partial charge in [0, 0.05) is 9.35 Å². The van der Waals surface area contributed by atoms with Gasteiger partial charge in [-0.15, -0.1) is 11.3 Å². The van der Waals surface area contributed by atoms with Crippen LogP contribution in [0.3, 0.4) is 0 Å². The topological polar surface area (TPSA) is 27.3 Å². The van der Waals surface area contributed by atoms with Crippen LogP contribution in [0.1, 0.15) is 11.8 Å². The quantitative estimate of drug-likeness (QED) is 0.807. The normalized spacial score (nSPS) is 22.6. The average Bonchev–Trinajstić information content (AvgIpc) is 2.99. The molecule has 0 spiro atoms. The van der Waals surface area contributed by atoms with Crippen LogP contribution in [0.5, 0.6) is 0 Å². The van der Waals surface area contributed by atoms with Crippen LogP contribution >= 0.6 is 39.5 Å². The van der Waals surface area contributed by atoms with E-state index in [0.717, 1.165) is 10.2 Å². The lowest BCUT2D eigenvalue weighted by molar-refractivity contribution is 0.398. The molecule has 6 heteroatoms. The number of halogens is 1. The highest BCUT2D eigenvalue weighted by Crippen LogP contribution is 2.29. The van der Waals surface area contributed by atoms with Crippen LogP contribution in [0, 0.1) is 0 Å². The van der Waals surface area contributed by atoms with E-state index in [2.05, 4.69) is 45.0 Å². The fourth-order valence-corrected chi connectivity index (χ4v) is 3.44. The van der Waals surface area contributed by atoms with Gasteiger partial charge in [-0.3, -0.25) is 0 Å². The van der Waals surface area contributed by atoms with Crippen molar-refractivity contribution in [2.24, 2.45) is 0 Å². The Labute approximate surface area is 129 Å². The van der Waals surface area contributed by atoms with Gasteiger partial charge in [0.2, 0.25) is 0 Å². The van der Waals surface area contributed by atoms with E-state index < -0.39 is 0 Å². The summed E-state index contributed by atoms with van der Waals surface area (Å²) in [5.41, 5.74) is 4.10. The van der Waals surface area contributed by atoms with Gasteiger partial charge < -0.3 is 5.32 Å². The Morgan fingerprint density at radius 2 is 2.00 bits per heavy atom. The molecule has 0 saturated carbocycles. The minimum absolute atomic E-state index is 0.349. The molecule has 3 rings (SSSR count). The van der Waals surface area contributed by atoms with E-state index in [4.69, 9.17) is 12.2 Å². The molecule has 1 aromatic heterocycles. The predicted octanol–water partition coefficient (Wildman–Crippen LogP) is 3.58. The first-order valence-corrected chi connectivity index (χ1v) is 7.86. The van der Waals surface area contributed by atoms with Crippen molar-refractivity contribution in [1.29, 1.82) is 0 Å². The summed E-state index contributed by atoms with van der Waals surface area (Å²) in [7, 11) is 0. The summed E-state index contributed by atoms with van der Waals surface area (Å²) in [6.07, 6.45) is 0. The molecular weight excluding hydrogens is 342 g/mol. The van der Waals surface area contributed by atoms with Crippen LogP contribution in [0.4, 0.5) is 5.69 Å². The van der Waals surface area contributed by atoms with Gasteiger partial charge >= 0.3 is 0 Å². The molecule has 1 fully saturated rings. The highest BCUT2D eigenvalue weighted by molar-refractivity contribution is 9.10. The maximum Gasteiger partial charge on any atom is 0.190 e. The Balaban J connectivity index is 1.90. The molecule has 1 atom stereocenters. The molecule has 1 unspecified atom stereocenters. The highest BCUT2D eigenvalue weighted by Gasteiger charge is 2.38. The molecule has 0 aliphatic carbocycles. The maximum atomic E-state index is 5.42. The second-order valence-electron chi connectivity index (χ2n) is 4.46. The van der Waals surface area contributed by atoms with Crippen molar-refractivity contribution in [2.75, 3.05) is 5.01 Å². The third kappa shape index (κ3) is 2.41. The molecule has 19 heavy (non-hydrogen) atoms. The zero-order chi connectivity index (χ0) is 13.5. The summed E-state index contributed by atoms with van der Waals surface area (Å²) in [6, 6.07) is 12.2. The van der Waals surface area contributed by atoms with E-state index >= 15 is 0 Å². The first kappa shape index (κ1) is 13.1. The Morgan fingerprint density at radius 3 is 2.63 bits per heavy atom. The van der Waals surface area contributed by atoms with Gasteiger partial charge in [0.05, 0.1) is 5.69 Å². The summed E-state index contributed by atoms with van der Waals surface area (Å²) in [5, 5.41) is 7.99. The fraction of sp³-hybridized carbons (Fsp3) is 0.154. The predicted molar refractivity (Wildman–Crippen MR) is 87.2 cm³/mol. The molecule has 1 saturated heterocycles. The second-order valence-corrected chi connectivity index (χ2v) is 6.71. The van der Waals surface area contributed by atoms with E-state index in [9.17, 15) is 0 Å². The standard InChI is InChI=1S/C13H12BrN3S2/c1-13(11-3-2-8-19-11)15-12(18)17(16-13)10-6-4-9(14)5-7-10/h2-8,16H,1H3,(H,15,18). The van der Waals surface area contributed by atoms with Gasteiger partial charge in [-0.05, 0) is 54.9 Å². The van der Waals surface area contributed by atoms with E-state index in [1.54, 1.807) is 11.3 Å². The van der Waals surface area contributed by atoms with Crippen molar-refractivity contribution in [3.05, 3.63) is 51.1 Å². The number of nitrogens with zero attached hydrogens (tertiary/aromatic N) is 1. The van der Waals surface area contributed by atoms with Crippen LogP contribution in [0.15, 0.2) is 46.3 Å². The van der Waals surface area contributed by atoms with Gasteiger partial charge in [0.15, 0.2) is 5.11 Å². The number of anilines is 1. The van der Waals surface area contributed by atoms with Crippen molar-refractivity contribution in [3.8, 4) is 0 Å². The summed E-state index contributed by atoms with van der Waals surface area (Å²) in [4.78, 5) is 1.20. The SMILES string of the molecule is CC1(c2cccs2)NC(=S)N(c2ccc(Br)cc2)N1. The van der Waals surface area contributed by atoms with E-state index in [1.807, 2.05) is 35.3 Å².